The summed E-state index contributed by atoms with van der Waals surface area (Å²) < 4.78 is 0. The summed E-state index contributed by atoms with van der Waals surface area (Å²) in [6, 6.07) is -5.59. The Labute approximate surface area is 483 Å². The molecule has 0 aliphatic rings. The minimum Gasteiger partial charge on any atom is -0.481 e. The van der Waals surface area contributed by atoms with E-state index in [1.165, 1.54) is 12.5 Å². The van der Waals surface area contributed by atoms with E-state index < -0.39 is 157 Å². The largest absolute Gasteiger partial charge is 0.481 e. The number of benzene rings is 1. The second kappa shape index (κ2) is 34.5. The van der Waals surface area contributed by atoms with Crippen LogP contribution in [0.1, 0.15) is 83.9 Å². The number of nitrogens with one attached hydrogen (secondary N) is 11. The lowest BCUT2D eigenvalue weighted by Crippen LogP contribution is -2.60. The number of H-pyrrole nitrogens is 2. The topological polar surface area (TPSA) is 476 Å². The lowest BCUT2D eigenvalue weighted by atomic mass is 9.99. The molecule has 1 aromatic carbocycles. The number of nitrogens with two attached hydrogens (primary N) is 3. The van der Waals surface area contributed by atoms with E-state index in [-0.39, 0.29) is 56.1 Å². The number of aliphatic carboxylic acids is 2. The molecule has 452 valence electrons. The Kier molecular flexibility index (Phi) is 28.8. The fourth-order valence-electron chi connectivity index (χ4n) is 8.19. The number of rotatable bonds is 37. The van der Waals surface area contributed by atoms with E-state index in [1.54, 1.807) is 58.2 Å². The van der Waals surface area contributed by atoms with Crippen LogP contribution in [-0.4, -0.2) is 175 Å². The van der Waals surface area contributed by atoms with Gasteiger partial charge >= 0.3 is 11.9 Å². The van der Waals surface area contributed by atoms with Gasteiger partial charge in [-0.25, -0.2) is 9.78 Å². The second-order valence-corrected chi connectivity index (χ2v) is 20.8. The van der Waals surface area contributed by atoms with E-state index in [0.717, 1.165) is 0 Å². The monoisotopic (exact) mass is 1190 g/mol. The van der Waals surface area contributed by atoms with Crippen LogP contribution in [0.25, 0.3) is 10.9 Å². The number of unbranched alkanes of at least 4 members (excludes halogenated alkanes) is 1. The third kappa shape index (κ3) is 23.0. The number of carboxylic acid groups (broad SMARTS) is 2. The highest BCUT2D eigenvalue weighted by atomic mass is 32.1. The van der Waals surface area contributed by atoms with Gasteiger partial charge in [-0.1, -0.05) is 45.9 Å². The average Bonchev–Trinajstić information content (AvgIpc) is 4.15. The van der Waals surface area contributed by atoms with Crippen molar-refractivity contribution in [3.63, 3.8) is 0 Å². The Balaban J connectivity index is 1.85. The van der Waals surface area contributed by atoms with Crippen molar-refractivity contribution in [2.24, 2.45) is 29.0 Å². The first-order valence-corrected chi connectivity index (χ1v) is 27.7. The summed E-state index contributed by atoms with van der Waals surface area (Å²) in [5.41, 5.74) is 18.7. The first-order valence-electron chi connectivity index (χ1n) is 26.4. The van der Waals surface area contributed by atoms with Crippen LogP contribution in [0.4, 0.5) is 0 Å². The normalized spacial score (nSPS) is 14.5. The quantitative estimate of drug-likeness (QED) is 0.0197. The number of imidazole rings is 1. The molecule has 0 spiro atoms. The van der Waals surface area contributed by atoms with Crippen LogP contribution >= 0.6 is 25.3 Å². The van der Waals surface area contributed by atoms with Gasteiger partial charge in [0, 0.05) is 59.8 Å². The van der Waals surface area contributed by atoms with Crippen molar-refractivity contribution >= 4 is 107 Å². The molecule has 10 amide bonds. The zero-order valence-electron chi connectivity index (χ0n) is 46.0. The molecular formula is C51H77N15O14S2. The van der Waals surface area contributed by atoms with Crippen LogP contribution in [0.3, 0.4) is 0 Å². The number of primary amides is 1. The molecule has 9 atom stereocenters. The third-order valence-electron chi connectivity index (χ3n) is 12.6. The van der Waals surface area contributed by atoms with Gasteiger partial charge in [0.15, 0.2) is 0 Å². The smallest absolute Gasteiger partial charge is 0.327 e. The highest BCUT2D eigenvalue weighted by Crippen LogP contribution is 2.20. The van der Waals surface area contributed by atoms with Crippen molar-refractivity contribution in [2.45, 2.75) is 140 Å². The molecule has 19 N–H and O–H groups in total. The summed E-state index contributed by atoms with van der Waals surface area (Å²) >= 11 is 8.03. The lowest BCUT2D eigenvalue weighted by molar-refractivity contribution is -0.142. The Morgan fingerprint density at radius 2 is 1.21 bits per heavy atom. The van der Waals surface area contributed by atoms with Crippen LogP contribution in [-0.2, 0) is 70.4 Å². The number of nitrogens with zero attached hydrogens (tertiary/aromatic N) is 1. The number of aromatic nitrogens is 3. The number of hydrogen-bond acceptors (Lipinski definition) is 17. The Bertz CT molecular complexity index is 2690. The van der Waals surface area contributed by atoms with Gasteiger partial charge in [-0.15, -0.1) is 0 Å². The molecule has 2 aromatic heterocycles. The summed E-state index contributed by atoms with van der Waals surface area (Å²) in [6.07, 6.45) is 2.69. The van der Waals surface area contributed by atoms with Gasteiger partial charge < -0.3 is 85.2 Å². The van der Waals surface area contributed by atoms with E-state index in [2.05, 4.69) is 88.1 Å². The number of carbonyl (C=O) groups excluding carboxylic acids is 10. The molecule has 82 heavy (non-hydrogen) atoms. The summed E-state index contributed by atoms with van der Waals surface area (Å²) in [6.45, 7) is 6.02. The van der Waals surface area contributed by atoms with Gasteiger partial charge in [-0.05, 0) is 62.1 Å². The summed E-state index contributed by atoms with van der Waals surface area (Å²) in [5.74, 6) is -13.1. The van der Waals surface area contributed by atoms with E-state index >= 15 is 0 Å². The zero-order chi connectivity index (χ0) is 61.2. The molecule has 0 saturated carbocycles. The lowest BCUT2D eigenvalue weighted by Gasteiger charge is -2.28. The Morgan fingerprint density at radius 1 is 0.634 bits per heavy atom. The number of para-hydroxylation sites is 1. The van der Waals surface area contributed by atoms with Crippen molar-refractivity contribution in [2.75, 3.05) is 24.6 Å². The first-order chi connectivity index (χ1) is 38.8. The van der Waals surface area contributed by atoms with E-state index in [4.69, 9.17) is 17.2 Å². The van der Waals surface area contributed by atoms with Crippen LogP contribution in [0.2, 0.25) is 0 Å². The number of carbonyl (C=O) groups is 12. The van der Waals surface area contributed by atoms with E-state index in [0.29, 0.717) is 28.6 Å². The fraction of sp³-hybridized carbons (Fsp3) is 0.549. The molecule has 0 saturated heterocycles. The molecule has 3 aromatic rings. The van der Waals surface area contributed by atoms with Crippen LogP contribution in [0.5, 0.6) is 0 Å². The van der Waals surface area contributed by atoms with Crippen LogP contribution < -0.4 is 65.1 Å². The first kappa shape index (κ1) is 68.5. The molecule has 2 heterocycles. The number of fused-ring (bicyclic) bond motifs is 1. The predicted molar refractivity (Wildman–Crippen MR) is 304 cm³/mol. The van der Waals surface area contributed by atoms with Crippen LogP contribution in [0.15, 0.2) is 43.0 Å². The maximum atomic E-state index is 14.3. The van der Waals surface area contributed by atoms with Crippen LogP contribution in [0, 0.1) is 11.8 Å². The van der Waals surface area contributed by atoms with Gasteiger partial charge in [0.05, 0.1) is 25.3 Å². The highest BCUT2D eigenvalue weighted by Gasteiger charge is 2.36. The SMILES string of the molecule is CC(C)C[C@H](NC(=O)[C@H](CCCCN)NC(=O)[C@H](CC(N)=O)NC(=O)CNC(=O)[C@H](CCC(=O)O)NC(=O)[C@H](Cc1c[nH]c2ccccc12)NC(=O)[C@H](Cc1cnc[nH]1)NC(=O)[C@@H](N)CS)C(=O)N[C@H](C(=O)N[C@@H](CS)C(=O)O)C(C)C. The zero-order valence-corrected chi connectivity index (χ0v) is 47.7. The maximum absolute atomic E-state index is 14.3. The molecule has 0 bridgehead atoms. The van der Waals surface area contributed by atoms with Crippen molar-refractivity contribution in [1.82, 2.24) is 62.8 Å². The van der Waals surface area contributed by atoms with E-state index in [9.17, 15) is 67.7 Å². The Morgan fingerprint density at radius 3 is 1.78 bits per heavy atom. The minimum absolute atomic E-state index is 0.0404. The second-order valence-electron chi connectivity index (χ2n) is 20.1. The molecule has 0 radical (unpaired) electrons. The molecule has 0 fully saturated rings. The number of hydrogen-bond donors (Lipinski definition) is 18. The minimum atomic E-state index is -1.76. The molecule has 3 rings (SSSR count). The molecule has 0 aliphatic carbocycles. The number of thiol groups is 2. The van der Waals surface area contributed by atoms with Gasteiger partial charge in [0.1, 0.15) is 48.3 Å². The average molecular weight is 1190 g/mol. The molecule has 0 aliphatic heterocycles. The number of carboxylic acids is 2. The van der Waals surface area contributed by atoms with Gasteiger partial charge in [0.2, 0.25) is 59.1 Å². The summed E-state index contributed by atoms with van der Waals surface area (Å²) in [5, 5.41) is 42.0. The molecule has 0 unspecified atom stereocenters. The van der Waals surface area contributed by atoms with Gasteiger partial charge in [0.25, 0.3) is 0 Å². The number of amides is 10. The predicted octanol–water partition coefficient (Wildman–Crippen LogP) is -3.49. The summed E-state index contributed by atoms with van der Waals surface area (Å²) in [4.78, 5) is 169. The van der Waals surface area contributed by atoms with E-state index in [1.807, 2.05) is 0 Å². The highest BCUT2D eigenvalue weighted by molar-refractivity contribution is 7.80. The third-order valence-corrected chi connectivity index (χ3v) is 13.4. The molecule has 31 heteroatoms. The molecule has 29 nitrogen and oxygen atoms in total. The van der Waals surface area contributed by atoms with Crippen molar-refractivity contribution in [1.29, 1.82) is 0 Å². The maximum Gasteiger partial charge on any atom is 0.327 e. The molecular weight excluding hydrogens is 1110 g/mol. The van der Waals surface area contributed by atoms with Crippen molar-refractivity contribution in [3.8, 4) is 0 Å². The van der Waals surface area contributed by atoms with Crippen molar-refractivity contribution < 1.29 is 67.7 Å². The number of aromatic amines is 2. The summed E-state index contributed by atoms with van der Waals surface area (Å²) in [7, 11) is 0. The van der Waals surface area contributed by atoms with Gasteiger partial charge in [-0.2, -0.15) is 25.3 Å². The fourth-order valence-corrected chi connectivity index (χ4v) is 8.60. The Hall–Kier alpha value is -7.77. The van der Waals surface area contributed by atoms with Crippen molar-refractivity contribution in [3.05, 3.63) is 54.2 Å². The standard InChI is InChI=1S/C51H77N15O14S2/c1-25(2)15-34(49(77)66-42(26(3)4)50(78)65-38(23-82)51(79)80)63-45(73)32(11-7-8-14-52)60-48(76)37(18-39(54)67)59-40(68)21-57-44(72)33(12-13-41(69)70)61-46(74)35(16-27-19-56-31-10-6-5-9-29(27)31)64-47(75)36(17-28-20-55-24-58-28)62-43(71)30(53)22-81/h5-6,9-10,19-20,24-26,30,32-38,42,56,81-82H,7-8,11-18,21-23,52-53H2,1-4H3,(H2,54,67)(H,55,58)(H,57,72)(H,59,68)(H,60,76)(H,61,74)(H,62,71)(H,63,73)(H,64,75)(H,65,78)(H,66,77)(H,69,70)(H,79,80)/t30-,32-,33-,34-,35-,36-,37-,38-,42-/m0/s1. The van der Waals surface area contributed by atoms with Gasteiger partial charge in [-0.3, -0.25) is 52.7 Å².